The summed E-state index contributed by atoms with van der Waals surface area (Å²) in [5.74, 6) is -0.533. The molecule has 1 aromatic carbocycles. The Balaban J connectivity index is 2.01. The molecule has 1 aromatic rings. The maximum absolute atomic E-state index is 12.5. The lowest BCUT2D eigenvalue weighted by Gasteiger charge is -2.38. The highest BCUT2D eigenvalue weighted by atomic mass is 32.2. The van der Waals surface area contributed by atoms with Crippen LogP contribution in [-0.2, 0) is 19.2 Å². The smallest absolute Gasteiger partial charge is 0.264 e. The minimum absolute atomic E-state index is 0.0761. The van der Waals surface area contributed by atoms with Gasteiger partial charge in [-0.15, -0.1) is 0 Å². The zero-order chi connectivity index (χ0) is 19.8. The molecule has 0 radical (unpaired) electrons. The number of amides is 1. The SMILES string of the molecule is Cc1ccccc1S(=O)(=O)NC(=O)[C@@H]1C[C@@H](O[Si](C)(C)C(C)(C)C)CN1. The summed E-state index contributed by atoms with van der Waals surface area (Å²) in [6.07, 6.45) is 0.398. The van der Waals surface area contributed by atoms with Gasteiger partial charge in [-0.25, -0.2) is 13.1 Å². The van der Waals surface area contributed by atoms with Crippen LogP contribution in [0, 0.1) is 6.92 Å². The number of carbonyl (C=O) groups is 1. The molecule has 0 saturated carbocycles. The first-order chi connectivity index (χ1) is 11.8. The summed E-state index contributed by atoms with van der Waals surface area (Å²) in [6.45, 7) is 13.1. The molecule has 2 atom stereocenters. The second-order valence-corrected chi connectivity index (χ2v) is 14.8. The number of benzene rings is 1. The van der Waals surface area contributed by atoms with Crippen molar-refractivity contribution in [1.29, 1.82) is 0 Å². The maximum atomic E-state index is 12.5. The molecule has 1 fully saturated rings. The molecule has 1 aliphatic heterocycles. The first-order valence-corrected chi connectivity index (χ1v) is 13.3. The minimum Gasteiger partial charge on any atom is -0.413 e. The van der Waals surface area contributed by atoms with Gasteiger partial charge in [-0.2, -0.15) is 0 Å². The summed E-state index contributed by atoms with van der Waals surface area (Å²) >= 11 is 0. The summed E-state index contributed by atoms with van der Waals surface area (Å²) in [5.41, 5.74) is 0.603. The molecule has 26 heavy (non-hydrogen) atoms. The molecule has 1 saturated heterocycles. The quantitative estimate of drug-likeness (QED) is 0.745. The summed E-state index contributed by atoms with van der Waals surface area (Å²) in [6, 6.07) is 6.04. The molecule has 146 valence electrons. The lowest BCUT2D eigenvalue weighted by atomic mass is 10.2. The molecular formula is C18H30N2O4SSi. The van der Waals surface area contributed by atoms with E-state index in [1.54, 1.807) is 25.1 Å². The number of hydrogen-bond acceptors (Lipinski definition) is 5. The average molecular weight is 399 g/mol. The lowest BCUT2D eigenvalue weighted by Crippen LogP contribution is -2.44. The summed E-state index contributed by atoms with van der Waals surface area (Å²) < 4.78 is 33.5. The minimum atomic E-state index is -3.88. The van der Waals surface area contributed by atoms with Gasteiger partial charge in [0.15, 0.2) is 8.32 Å². The molecule has 0 aliphatic carbocycles. The van der Waals surface area contributed by atoms with Gasteiger partial charge < -0.3 is 9.74 Å². The largest absolute Gasteiger partial charge is 0.413 e. The van der Waals surface area contributed by atoms with Gasteiger partial charge >= 0.3 is 0 Å². The first-order valence-electron chi connectivity index (χ1n) is 8.87. The number of nitrogens with one attached hydrogen (secondary N) is 2. The third kappa shape index (κ3) is 4.73. The second-order valence-electron chi connectivity index (χ2n) is 8.43. The van der Waals surface area contributed by atoms with Gasteiger partial charge in [-0.3, -0.25) is 4.79 Å². The van der Waals surface area contributed by atoms with E-state index in [2.05, 4.69) is 43.9 Å². The lowest BCUT2D eigenvalue weighted by molar-refractivity contribution is -0.121. The fraction of sp³-hybridized carbons (Fsp3) is 0.611. The molecule has 8 heteroatoms. The number of hydrogen-bond donors (Lipinski definition) is 2. The molecular weight excluding hydrogens is 368 g/mol. The van der Waals surface area contributed by atoms with Crippen LogP contribution in [0.1, 0.15) is 32.8 Å². The Morgan fingerprint density at radius 1 is 1.27 bits per heavy atom. The van der Waals surface area contributed by atoms with Crippen molar-refractivity contribution in [3.8, 4) is 0 Å². The van der Waals surface area contributed by atoms with Crippen molar-refractivity contribution < 1.29 is 17.6 Å². The monoisotopic (exact) mass is 398 g/mol. The third-order valence-electron chi connectivity index (χ3n) is 5.29. The highest BCUT2D eigenvalue weighted by Crippen LogP contribution is 2.38. The van der Waals surface area contributed by atoms with Crippen molar-refractivity contribution in [2.45, 2.75) is 69.3 Å². The third-order valence-corrected chi connectivity index (χ3v) is 11.3. The summed E-state index contributed by atoms with van der Waals surface area (Å²) in [4.78, 5) is 12.6. The normalized spacial score (nSPS) is 21.6. The molecule has 1 amide bonds. The molecule has 0 spiro atoms. The Labute approximate surface area is 157 Å². The predicted molar refractivity (Wildman–Crippen MR) is 105 cm³/mol. The van der Waals surface area contributed by atoms with Crippen molar-refractivity contribution >= 4 is 24.2 Å². The highest BCUT2D eigenvalue weighted by Gasteiger charge is 2.42. The van der Waals surface area contributed by atoms with Crippen LogP contribution < -0.4 is 10.0 Å². The number of carbonyl (C=O) groups excluding carboxylic acids is 1. The fourth-order valence-electron chi connectivity index (χ4n) is 2.70. The molecule has 2 rings (SSSR count). The van der Waals surface area contributed by atoms with Gasteiger partial charge in [0.25, 0.3) is 15.9 Å². The van der Waals surface area contributed by atoms with Gasteiger partial charge in [0.2, 0.25) is 0 Å². The van der Waals surface area contributed by atoms with Crippen LogP contribution in [0.25, 0.3) is 0 Å². The molecule has 0 unspecified atom stereocenters. The van der Waals surface area contributed by atoms with Crippen molar-refractivity contribution in [2.75, 3.05) is 6.54 Å². The van der Waals surface area contributed by atoms with E-state index in [1.807, 2.05) is 0 Å². The van der Waals surface area contributed by atoms with E-state index in [0.29, 0.717) is 18.5 Å². The Kier molecular flexibility index (Phi) is 6.02. The first kappa shape index (κ1) is 21.1. The molecule has 1 aliphatic rings. The summed E-state index contributed by atoms with van der Waals surface area (Å²) in [7, 11) is -5.81. The van der Waals surface area contributed by atoms with Crippen molar-refractivity contribution in [3.63, 3.8) is 0 Å². The Morgan fingerprint density at radius 3 is 2.46 bits per heavy atom. The van der Waals surface area contributed by atoms with E-state index in [0.717, 1.165) is 0 Å². The fourth-order valence-corrected chi connectivity index (χ4v) is 5.34. The predicted octanol–water partition coefficient (Wildman–Crippen LogP) is 2.55. The van der Waals surface area contributed by atoms with Gasteiger partial charge in [-0.05, 0) is 43.1 Å². The van der Waals surface area contributed by atoms with E-state index in [9.17, 15) is 13.2 Å². The highest BCUT2D eigenvalue weighted by molar-refractivity contribution is 7.90. The van der Waals surface area contributed by atoms with Crippen LogP contribution in [0.15, 0.2) is 29.2 Å². The van der Waals surface area contributed by atoms with Gasteiger partial charge in [-0.1, -0.05) is 39.0 Å². The standard InChI is InChI=1S/C18H30N2O4SSi/c1-13-9-7-8-10-16(13)25(22,23)20-17(21)15-11-14(12-19-15)24-26(5,6)18(2,3)4/h7-10,14-15,19H,11-12H2,1-6H3,(H,20,21)/t14-,15+/m1/s1. The van der Waals surface area contributed by atoms with Crippen LogP contribution in [0.2, 0.25) is 18.1 Å². The summed E-state index contributed by atoms with van der Waals surface area (Å²) in [5, 5.41) is 3.17. The van der Waals surface area contributed by atoms with Crippen LogP contribution in [0.4, 0.5) is 0 Å². The number of rotatable bonds is 5. The van der Waals surface area contributed by atoms with E-state index >= 15 is 0 Å². The average Bonchev–Trinajstić information content (AvgIpc) is 2.93. The van der Waals surface area contributed by atoms with Crippen LogP contribution in [-0.4, -0.2) is 41.3 Å². The van der Waals surface area contributed by atoms with Gasteiger partial charge in [0.1, 0.15) is 0 Å². The van der Waals surface area contributed by atoms with E-state index in [4.69, 9.17) is 4.43 Å². The maximum Gasteiger partial charge on any atom is 0.264 e. The van der Waals surface area contributed by atoms with E-state index in [1.165, 1.54) is 6.07 Å². The zero-order valence-electron chi connectivity index (χ0n) is 16.4. The molecule has 1 heterocycles. The topological polar surface area (TPSA) is 84.5 Å². The Bertz CT molecular complexity index is 772. The number of aryl methyl sites for hydroxylation is 1. The van der Waals surface area contributed by atoms with Crippen LogP contribution in [0.3, 0.4) is 0 Å². The van der Waals surface area contributed by atoms with Gasteiger partial charge in [0, 0.05) is 6.54 Å². The van der Waals surface area contributed by atoms with Crippen molar-refractivity contribution in [1.82, 2.24) is 10.0 Å². The molecule has 2 N–H and O–H groups in total. The van der Waals surface area contributed by atoms with Crippen LogP contribution >= 0.6 is 0 Å². The van der Waals surface area contributed by atoms with Gasteiger partial charge in [0.05, 0.1) is 17.0 Å². The van der Waals surface area contributed by atoms with Crippen molar-refractivity contribution in [2.24, 2.45) is 0 Å². The zero-order valence-corrected chi connectivity index (χ0v) is 18.2. The van der Waals surface area contributed by atoms with Crippen molar-refractivity contribution in [3.05, 3.63) is 29.8 Å². The second kappa shape index (κ2) is 7.42. The number of sulfonamides is 1. The molecule has 0 bridgehead atoms. The molecule has 0 aromatic heterocycles. The van der Waals surface area contributed by atoms with E-state index < -0.39 is 30.3 Å². The Morgan fingerprint density at radius 2 is 1.88 bits per heavy atom. The van der Waals surface area contributed by atoms with E-state index in [-0.39, 0.29) is 16.0 Å². The Hall–Kier alpha value is -1.22. The van der Waals surface area contributed by atoms with Crippen LogP contribution in [0.5, 0.6) is 0 Å². The molecule has 6 nitrogen and oxygen atoms in total.